The second-order valence-corrected chi connectivity index (χ2v) is 6.44. The summed E-state index contributed by atoms with van der Waals surface area (Å²) in [5.41, 5.74) is 2.53. The summed E-state index contributed by atoms with van der Waals surface area (Å²) < 4.78 is 5.11. The number of esters is 1. The number of anilines is 1. The molecule has 0 aliphatic heterocycles. The Balaban J connectivity index is 1.89. The molecule has 0 aliphatic carbocycles. The lowest BCUT2D eigenvalue weighted by Gasteiger charge is -2.12. The van der Waals surface area contributed by atoms with Crippen molar-refractivity contribution in [3.63, 3.8) is 0 Å². The molecule has 0 radical (unpaired) electrons. The minimum Gasteiger partial charge on any atom is -0.449 e. The molecule has 4 nitrogen and oxygen atoms in total. The Hall–Kier alpha value is -2.30. The second-order valence-electron chi connectivity index (χ2n) is 5.63. The van der Waals surface area contributed by atoms with E-state index >= 15 is 0 Å². The van der Waals surface area contributed by atoms with Crippen molar-refractivity contribution in [2.24, 2.45) is 0 Å². The maximum atomic E-state index is 12.1. The largest absolute Gasteiger partial charge is 0.449 e. The van der Waals surface area contributed by atoms with E-state index in [2.05, 4.69) is 12.2 Å². The van der Waals surface area contributed by atoms with Gasteiger partial charge in [-0.15, -0.1) is 0 Å². The fourth-order valence-electron chi connectivity index (χ4n) is 2.12. The van der Waals surface area contributed by atoms with Crippen LogP contribution in [0.25, 0.3) is 6.08 Å². The normalized spacial score (nSPS) is 12.0. The average molecular weight is 392 g/mol. The van der Waals surface area contributed by atoms with Crippen LogP contribution >= 0.6 is 23.2 Å². The topological polar surface area (TPSA) is 55.4 Å². The molecule has 1 atom stereocenters. The first kappa shape index (κ1) is 20.0. The molecule has 0 unspecified atom stereocenters. The molecule has 136 valence electrons. The quantitative estimate of drug-likeness (QED) is 0.547. The average Bonchev–Trinajstić information content (AvgIpc) is 2.63. The molecule has 0 aromatic heterocycles. The molecule has 0 heterocycles. The van der Waals surface area contributed by atoms with E-state index in [1.165, 1.54) is 18.6 Å². The molecule has 26 heavy (non-hydrogen) atoms. The molecule has 0 fully saturated rings. The van der Waals surface area contributed by atoms with Crippen LogP contribution in [0.5, 0.6) is 0 Å². The number of carbonyl (C=O) groups is 2. The fourth-order valence-corrected chi connectivity index (χ4v) is 2.42. The van der Waals surface area contributed by atoms with Crippen LogP contribution in [0.15, 0.2) is 48.5 Å². The van der Waals surface area contributed by atoms with E-state index in [1.807, 2.05) is 24.3 Å². The van der Waals surface area contributed by atoms with E-state index in [9.17, 15) is 9.59 Å². The molecule has 1 N–H and O–H groups in total. The van der Waals surface area contributed by atoms with Crippen LogP contribution in [0, 0.1) is 0 Å². The van der Waals surface area contributed by atoms with Gasteiger partial charge in [0.25, 0.3) is 5.91 Å². The third-order valence-corrected chi connectivity index (χ3v) is 4.39. The van der Waals surface area contributed by atoms with E-state index < -0.39 is 18.0 Å². The van der Waals surface area contributed by atoms with Gasteiger partial charge in [0.1, 0.15) is 0 Å². The molecule has 2 rings (SSSR count). The Bertz CT molecular complexity index is 816. The summed E-state index contributed by atoms with van der Waals surface area (Å²) in [6, 6.07) is 12.5. The summed E-state index contributed by atoms with van der Waals surface area (Å²) >= 11 is 11.8. The molecule has 1 amide bonds. The van der Waals surface area contributed by atoms with Gasteiger partial charge in [0.05, 0.1) is 10.0 Å². The molecule has 0 saturated carbocycles. The molecule has 0 saturated heterocycles. The lowest BCUT2D eigenvalue weighted by Crippen LogP contribution is -2.29. The fraction of sp³-hybridized carbons (Fsp3) is 0.200. The van der Waals surface area contributed by atoms with Gasteiger partial charge in [-0.1, -0.05) is 48.3 Å². The molecule has 6 heteroatoms. The maximum absolute atomic E-state index is 12.1. The molecular formula is C20H19Cl2NO3. The third-order valence-electron chi connectivity index (χ3n) is 3.65. The SMILES string of the molecule is CCc1ccc(NC(=O)[C@H](C)OC(=O)/C=C/c2ccc(Cl)c(Cl)c2)cc1. The highest BCUT2D eigenvalue weighted by molar-refractivity contribution is 6.42. The van der Waals surface area contributed by atoms with Crippen molar-refractivity contribution in [1.29, 1.82) is 0 Å². The van der Waals surface area contributed by atoms with Crippen molar-refractivity contribution in [3.05, 3.63) is 69.7 Å². The van der Waals surface area contributed by atoms with Crippen LogP contribution in [0.1, 0.15) is 25.0 Å². The van der Waals surface area contributed by atoms with Crippen molar-refractivity contribution < 1.29 is 14.3 Å². The summed E-state index contributed by atoms with van der Waals surface area (Å²) in [7, 11) is 0. The Morgan fingerprint density at radius 2 is 1.81 bits per heavy atom. The molecule has 0 spiro atoms. The zero-order chi connectivity index (χ0) is 19.1. The van der Waals surface area contributed by atoms with E-state index in [4.69, 9.17) is 27.9 Å². The predicted molar refractivity (Wildman–Crippen MR) is 105 cm³/mol. The number of amides is 1. The van der Waals surface area contributed by atoms with Crippen LogP contribution in [-0.2, 0) is 20.7 Å². The van der Waals surface area contributed by atoms with Crippen molar-refractivity contribution in [1.82, 2.24) is 0 Å². The van der Waals surface area contributed by atoms with Crippen molar-refractivity contribution in [3.8, 4) is 0 Å². The number of hydrogen-bond donors (Lipinski definition) is 1. The molecular weight excluding hydrogens is 373 g/mol. The third kappa shape index (κ3) is 5.90. The summed E-state index contributed by atoms with van der Waals surface area (Å²) in [6.07, 6.45) is 2.78. The number of halogens is 2. The lowest BCUT2D eigenvalue weighted by atomic mass is 10.1. The van der Waals surface area contributed by atoms with Gasteiger partial charge in [0, 0.05) is 11.8 Å². The number of ether oxygens (including phenoxy) is 1. The van der Waals surface area contributed by atoms with Crippen LogP contribution in [0.4, 0.5) is 5.69 Å². The summed E-state index contributed by atoms with van der Waals surface area (Å²) in [6.45, 7) is 3.57. The van der Waals surface area contributed by atoms with Crippen LogP contribution in [0.3, 0.4) is 0 Å². The Morgan fingerprint density at radius 3 is 2.42 bits per heavy atom. The molecule has 0 bridgehead atoms. The van der Waals surface area contributed by atoms with Gasteiger partial charge >= 0.3 is 5.97 Å². The summed E-state index contributed by atoms with van der Waals surface area (Å²) in [5.74, 6) is -1.02. The minimum atomic E-state index is -0.924. The van der Waals surface area contributed by atoms with E-state index in [1.54, 1.807) is 24.3 Å². The first-order chi connectivity index (χ1) is 12.4. The molecule has 2 aromatic rings. The van der Waals surface area contributed by atoms with Crippen LogP contribution in [-0.4, -0.2) is 18.0 Å². The van der Waals surface area contributed by atoms with Gasteiger partial charge in [-0.2, -0.15) is 0 Å². The van der Waals surface area contributed by atoms with Gasteiger partial charge < -0.3 is 10.1 Å². The van der Waals surface area contributed by atoms with Gasteiger partial charge in [-0.05, 0) is 54.8 Å². The summed E-state index contributed by atoms with van der Waals surface area (Å²) in [5, 5.41) is 3.54. The number of hydrogen-bond acceptors (Lipinski definition) is 3. The van der Waals surface area contributed by atoms with E-state index in [0.717, 1.165) is 6.42 Å². The maximum Gasteiger partial charge on any atom is 0.331 e. The van der Waals surface area contributed by atoms with E-state index in [0.29, 0.717) is 21.3 Å². The molecule has 0 aliphatic rings. The number of rotatable bonds is 6. The highest BCUT2D eigenvalue weighted by atomic mass is 35.5. The van der Waals surface area contributed by atoms with Gasteiger partial charge in [-0.25, -0.2) is 4.79 Å². The zero-order valence-electron chi connectivity index (χ0n) is 14.5. The number of benzene rings is 2. The van der Waals surface area contributed by atoms with Crippen molar-refractivity contribution in [2.45, 2.75) is 26.4 Å². The Morgan fingerprint density at radius 1 is 1.12 bits per heavy atom. The lowest BCUT2D eigenvalue weighted by molar-refractivity contribution is -0.148. The minimum absolute atomic E-state index is 0.393. The number of nitrogens with one attached hydrogen (secondary N) is 1. The van der Waals surface area contributed by atoms with Gasteiger partial charge in [0.2, 0.25) is 0 Å². The van der Waals surface area contributed by atoms with E-state index in [-0.39, 0.29) is 0 Å². The number of aryl methyl sites for hydroxylation is 1. The van der Waals surface area contributed by atoms with Crippen LogP contribution in [0.2, 0.25) is 10.0 Å². The van der Waals surface area contributed by atoms with Gasteiger partial charge in [0.15, 0.2) is 6.10 Å². The van der Waals surface area contributed by atoms with Crippen molar-refractivity contribution in [2.75, 3.05) is 5.32 Å². The second kappa shape index (κ2) is 9.41. The summed E-state index contributed by atoms with van der Waals surface area (Å²) in [4.78, 5) is 24.0. The highest BCUT2D eigenvalue weighted by Gasteiger charge is 2.16. The van der Waals surface area contributed by atoms with Crippen LogP contribution < -0.4 is 5.32 Å². The monoisotopic (exact) mass is 391 g/mol. The first-order valence-corrected chi connectivity index (χ1v) is 8.88. The van der Waals surface area contributed by atoms with Crippen molar-refractivity contribution >= 4 is 46.8 Å². The first-order valence-electron chi connectivity index (χ1n) is 8.12. The smallest absolute Gasteiger partial charge is 0.331 e. The Kier molecular flexibility index (Phi) is 7.25. The van der Waals surface area contributed by atoms with Gasteiger partial charge in [-0.3, -0.25) is 4.79 Å². The zero-order valence-corrected chi connectivity index (χ0v) is 16.0. The predicted octanol–water partition coefficient (Wildman–Crippen LogP) is 5.14. The highest BCUT2D eigenvalue weighted by Crippen LogP contribution is 2.23. The molecule has 2 aromatic carbocycles. The standard InChI is InChI=1S/C20H19Cl2NO3/c1-3-14-4-8-16(9-5-14)23-20(25)13(2)26-19(24)11-7-15-6-10-17(21)18(22)12-15/h4-13H,3H2,1-2H3,(H,23,25)/b11-7+/t13-/m0/s1. The Labute approximate surface area is 162 Å². The number of carbonyl (C=O) groups excluding carboxylic acids is 2.